The second-order valence-corrected chi connectivity index (χ2v) is 5.72. The molecule has 1 atom stereocenters. The highest BCUT2D eigenvalue weighted by Crippen LogP contribution is 2.28. The topological polar surface area (TPSA) is 69.6 Å². The van der Waals surface area contributed by atoms with E-state index in [9.17, 15) is 14.7 Å². The summed E-state index contributed by atoms with van der Waals surface area (Å²) in [6.07, 6.45) is 0.396. The number of amides is 1. The Bertz CT molecular complexity index is 528. The van der Waals surface area contributed by atoms with E-state index in [4.69, 9.17) is 0 Å². The van der Waals surface area contributed by atoms with Gasteiger partial charge in [0.2, 0.25) is 5.91 Å². The Kier molecular flexibility index (Phi) is 4.96. The van der Waals surface area contributed by atoms with Crippen molar-refractivity contribution in [1.29, 1.82) is 0 Å². The fraction of sp³-hybridized carbons (Fsp3) is 0.500. The number of fused-ring (bicyclic) bond motifs is 1. The molecule has 0 saturated heterocycles. The number of carbonyl (C=O) groups excluding carboxylic acids is 1. The van der Waals surface area contributed by atoms with Gasteiger partial charge in [0.1, 0.15) is 0 Å². The lowest BCUT2D eigenvalue weighted by molar-refractivity contribution is -0.141. The number of carboxylic acid groups (broad SMARTS) is 1. The van der Waals surface area contributed by atoms with Gasteiger partial charge in [-0.05, 0) is 11.1 Å². The van der Waals surface area contributed by atoms with Crippen LogP contribution in [0.1, 0.15) is 37.3 Å². The number of nitrogens with one attached hydrogen (secondary N) is 1. The van der Waals surface area contributed by atoms with Crippen LogP contribution in [0.2, 0.25) is 0 Å². The van der Waals surface area contributed by atoms with Crippen LogP contribution in [0.15, 0.2) is 24.3 Å². The van der Waals surface area contributed by atoms with Crippen molar-refractivity contribution in [3.8, 4) is 0 Å². The Morgan fingerprint density at radius 3 is 2.76 bits per heavy atom. The largest absolute Gasteiger partial charge is 0.481 e. The van der Waals surface area contributed by atoms with E-state index >= 15 is 0 Å². The zero-order chi connectivity index (χ0) is 15.4. The minimum atomic E-state index is -0.875. The van der Waals surface area contributed by atoms with E-state index in [-0.39, 0.29) is 12.5 Å². The molecule has 0 aliphatic carbocycles. The smallest absolute Gasteiger partial charge is 0.312 e. The summed E-state index contributed by atoms with van der Waals surface area (Å²) in [5.41, 5.74) is 1.76. The van der Waals surface area contributed by atoms with Gasteiger partial charge in [-0.1, -0.05) is 38.1 Å². The van der Waals surface area contributed by atoms with E-state index in [1.165, 1.54) is 0 Å². The van der Waals surface area contributed by atoms with Crippen LogP contribution < -0.4 is 5.32 Å². The highest BCUT2D eigenvalue weighted by molar-refractivity contribution is 5.81. The lowest BCUT2D eigenvalue weighted by Gasteiger charge is -2.33. The summed E-state index contributed by atoms with van der Waals surface area (Å²) >= 11 is 0. The molecule has 1 aromatic rings. The summed E-state index contributed by atoms with van der Waals surface area (Å²) < 4.78 is 0. The van der Waals surface area contributed by atoms with E-state index < -0.39 is 11.9 Å². The van der Waals surface area contributed by atoms with E-state index in [2.05, 4.69) is 5.32 Å². The summed E-state index contributed by atoms with van der Waals surface area (Å²) in [6.45, 7) is 5.43. The normalized spacial score (nSPS) is 17.7. The number of hydrogen-bond acceptors (Lipinski definition) is 3. The van der Waals surface area contributed by atoms with Gasteiger partial charge in [-0.2, -0.15) is 0 Å². The zero-order valence-corrected chi connectivity index (χ0v) is 12.5. The second kappa shape index (κ2) is 6.72. The molecule has 1 heterocycles. The molecule has 114 valence electrons. The quantitative estimate of drug-likeness (QED) is 0.864. The van der Waals surface area contributed by atoms with Crippen LogP contribution in [0.3, 0.4) is 0 Å². The Morgan fingerprint density at radius 2 is 2.10 bits per heavy atom. The molecule has 5 nitrogen and oxygen atoms in total. The van der Waals surface area contributed by atoms with Crippen LogP contribution >= 0.6 is 0 Å². The summed E-state index contributed by atoms with van der Waals surface area (Å²) in [6, 6.07) is 7.81. The third-order valence-corrected chi connectivity index (χ3v) is 3.74. The van der Waals surface area contributed by atoms with Crippen LogP contribution in [0.5, 0.6) is 0 Å². The molecule has 1 aliphatic heterocycles. The molecule has 0 fully saturated rings. The first-order valence-corrected chi connectivity index (χ1v) is 7.30. The third kappa shape index (κ3) is 3.82. The molecule has 0 aromatic heterocycles. The van der Waals surface area contributed by atoms with Crippen molar-refractivity contribution in [3.05, 3.63) is 35.4 Å². The second-order valence-electron chi connectivity index (χ2n) is 5.72. The number of rotatable bonds is 5. The van der Waals surface area contributed by atoms with Gasteiger partial charge in [0.05, 0.1) is 5.92 Å². The minimum Gasteiger partial charge on any atom is -0.481 e. The average molecular weight is 290 g/mol. The summed E-state index contributed by atoms with van der Waals surface area (Å²) in [5.74, 6) is -1.50. The highest BCUT2D eigenvalue weighted by Gasteiger charge is 2.31. The van der Waals surface area contributed by atoms with Crippen molar-refractivity contribution in [2.45, 2.75) is 38.8 Å². The van der Waals surface area contributed by atoms with Crippen molar-refractivity contribution >= 4 is 11.9 Å². The van der Waals surface area contributed by atoms with E-state index in [1.807, 2.05) is 38.1 Å². The Morgan fingerprint density at radius 1 is 1.38 bits per heavy atom. The highest BCUT2D eigenvalue weighted by atomic mass is 16.4. The molecule has 1 amide bonds. The van der Waals surface area contributed by atoms with Gasteiger partial charge in [-0.25, -0.2) is 0 Å². The predicted molar refractivity (Wildman–Crippen MR) is 80.0 cm³/mol. The van der Waals surface area contributed by atoms with Gasteiger partial charge in [0.25, 0.3) is 0 Å². The van der Waals surface area contributed by atoms with Crippen molar-refractivity contribution in [2.24, 2.45) is 0 Å². The van der Waals surface area contributed by atoms with Crippen LogP contribution in [0.25, 0.3) is 0 Å². The summed E-state index contributed by atoms with van der Waals surface area (Å²) in [4.78, 5) is 25.3. The van der Waals surface area contributed by atoms with Crippen LogP contribution in [0, 0.1) is 0 Å². The fourth-order valence-corrected chi connectivity index (χ4v) is 2.63. The molecule has 1 aromatic carbocycles. The van der Waals surface area contributed by atoms with Gasteiger partial charge in [-0.15, -0.1) is 0 Å². The third-order valence-electron chi connectivity index (χ3n) is 3.74. The van der Waals surface area contributed by atoms with Gasteiger partial charge < -0.3 is 15.3 Å². The summed E-state index contributed by atoms with van der Waals surface area (Å²) in [7, 11) is 0. The number of carboxylic acids is 1. The maximum atomic E-state index is 12.3. The van der Waals surface area contributed by atoms with Crippen molar-refractivity contribution in [3.63, 3.8) is 0 Å². The monoisotopic (exact) mass is 290 g/mol. The van der Waals surface area contributed by atoms with Gasteiger partial charge >= 0.3 is 5.97 Å². The maximum absolute atomic E-state index is 12.3. The molecule has 2 rings (SSSR count). The lowest BCUT2D eigenvalue weighted by Crippen LogP contribution is -2.41. The van der Waals surface area contributed by atoms with Gasteiger partial charge in [-0.3, -0.25) is 9.59 Å². The molecular weight excluding hydrogens is 268 g/mol. The van der Waals surface area contributed by atoms with Crippen LogP contribution in [0.4, 0.5) is 0 Å². The molecule has 21 heavy (non-hydrogen) atoms. The Labute approximate surface area is 125 Å². The van der Waals surface area contributed by atoms with E-state index in [1.54, 1.807) is 4.90 Å². The molecule has 1 unspecified atom stereocenters. The lowest BCUT2D eigenvalue weighted by atomic mass is 9.89. The van der Waals surface area contributed by atoms with E-state index in [0.29, 0.717) is 25.6 Å². The molecule has 0 spiro atoms. The molecule has 5 heteroatoms. The first-order chi connectivity index (χ1) is 9.99. The molecule has 0 bridgehead atoms. The standard InChI is InChI=1S/C16H22N2O3/c1-11(2)17-8-7-15(19)18-9-12-5-3-4-6-13(12)14(10-18)16(20)21/h3-6,11,14,17H,7-10H2,1-2H3,(H,20,21). The Balaban J connectivity index is 2.07. The minimum absolute atomic E-state index is 0.00361. The van der Waals surface area contributed by atoms with Crippen LogP contribution in [-0.2, 0) is 16.1 Å². The van der Waals surface area contributed by atoms with Crippen molar-refractivity contribution in [2.75, 3.05) is 13.1 Å². The van der Waals surface area contributed by atoms with Crippen molar-refractivity contribution < 1.29 is 14.7 Å². The average Bonchev–Trinajstić information content (AvgIpc) is 2.45. The number of aliphatic carboxylic acids is 1. The van der Waals surface area contributed by atoms with Crippen LogP contribution in [-0.4, -0.2) is 41.0 Å². The van der Waals surface area contributed by atoms with E-state index in [0.717, 1.165) is 11.1 Å². The molecule has 2 N–H and O–H groups in total. The first kappa shape index (κ1) is 15.5. The first-order valence-electron chi connectivity index (χ1n) is 7.30. The summed E-state index contributed by atoms with van der Waals surface area (Å²) in [5, 5.41) is 12.6. The van der Waals surface area contributed by atoms with Crippen molar-refractivity contribution in [1.82, 2.24) is 10.2 Å². The van der Waals surface area contributed by atoms with Gasteiger partial charge in [0, 0.05) is 32.1 Å². The fourth-order valence-electron chi connectivity index (χ4n) is 2.63. The Hall–Kier alpha value is -1.88. The van der Waals surface area contributed by atoms with Gasteiger partial charge in [0.15, 0.2) is 0 Å². The molecule has 0 radical (unpaired) electrons. The molecule has 0 saturated carbocycles. The number of hydrogen-bond donors (Lipinski definition) is 2. The zero-order valence-electron chi connectivity index (χ0n) is 12.5. The number of nitrogens with zero attached hydrogens (tertiary/aromatic N) is 1. The molecular formula is C16H22N2O3. The SMILES string of the molecule is CC(C)NCCC(=O)N1Cc2ccccc2C(C(=O)O)C1. The maximum Gasteiger partial charge on any atom is 0.312 e. The predicted octanol–water partition coefficient (Wildman–Crippen LogP) is 1.59. The molecule has 1 aliphatic rings. The number of benzene rings is 1. The number of carbonyl (C=O) groups is 2.